The van der Waals surface area contributed by atoms with Crippen LogP contribution in [0.3, 0.4) is 0 Å². The summed E-state index contributed by atoms with van der Waals surface area (Å²) in [7, 11) is 0. The summed E-state index contributed by atoms with van der Waals surface area (Å²) in [6.07, 6.45) is 0. The lowest BCUT2D eigenvalue weighted by Gasteiger charge is -2.48. The van der Waals surface area contributed by atoms with Gasteiger partial charge in [0.1, 0.15) is 5.75 Å². The van der Waals surface area contributed by atoms with E-state index in [0.717, 1.165) is 28.1 Å². The van der Waals surface area contributed by atoms with Crippen LogP contribution in [-0.4, -0.2) is 10.6 Å². The van der Waals surface area contributed by atoms with Crippen molar-refractivity contribution in [3.05, 3.63) is 88.0 Å². The monoisotopic (exact) mass is 386 g/mol. The average Bonchev–Trinajstić information content (AvgIpc) is 2.89. The first-order valence-corrected chi connectivity index (χ1v) is 9.76. The molecule has 0 radical (unpaired) electrons. The molecule has 2 aliphatic heterocycles. The predicted molar refractivity (Wildman–Crippen MR) is 113 cm³/mol. The Balaban J connectivity index is 1.75. The van der Waals surface area contributed by atoms with E-state index < -0.39 is 5.72 Å². The lowest BCUT2D eigenvalue weighted by molar-refractivity contribution is -0.384. The molecule has 29 heavy (non-hydrogen) atoms. The number of hydrogen-bond acceptors (Lipinski definition) is 4. The van der Waals surface area contributed by atoms with Gasteiger partial charge in [-0.05, 0) is 38.0 Å². The van der Waals surface area contributed by atoms with Crippen LogP contribution in [0.5, 0.6) is 5.75 Å². The minimum Gasteiger partial charge on any atom is -0.466 e. The van der Waals surface area contributed by atoms with Crippen molar-refractivity contribution < 1.29 is 9.66 Å². The van der Waals surface area contributed by atoms with Gasteiger partial charge >= 0.3 is 0 Å². The van der Waals surface area contributed by atoms with Gasteiger partial charge in [0, 0.05) is 28.9 Å². The third kappa shape index (κ3) is 2.33. The van der Waals surface area contributed by atoms with Crippen molar-refractivity contribution in [2.75, 3.05) is 4.90 Å². The topological polar surface area (TPSA) is 55.6 Å². The van der Waals surface area contributed by atoms with Crippen molar-refractivity contribution in [1.82, 2.24) is 0 Å². The summed E-state index contributed by atoms with van der Waals surface area (Å²) >= 11 is 0. The average molecular weight is 386 g/mol. The van der Waals surface area contributed by atoms with Crippen LogP contribution in [0.2, 0.25) is 0 Å². The van der Waals surface area contributed by atoms with Gasteiger partial charge in [-0.1, -0.05) is 48.5 Å². The standard InChI is InChI=1S/C24H22N2O3/c1-23(2)20-11-7-8-12-21(20)25-15-17-13-18(26(27)28)14-19(16-9-5-4-6-10-16)22(17)29-24(23,25)3/h4-14H,15H2,1-3H3. The molecule has 0 N–H and O–H groups in total. The Hall–Kier alpha value is -3.34. The molecule has 3 aromatic carbocycles. The Bertz CT molecular complexity index is 1140. The van der Waals surface area contributed by atoms with Crippen LogP contribution < -0.4 is 9.64 Å². The molecule has 2 aliphatic rings. The van der Waals surface area contributed by atoms with Gasteiger partial charge in [-0.2, -0.15) is 0 Å². The first-order chi connectivity index (χ1) is 13.8. The summed E-state index contributed by atoms with van der Waals surface area (Å²) in [5.74, 6) is 0.737. The number of benzene rings is 3. The van der Waals surface area contributed by atoms with Crippen LogP contribution in [0.1, 0.15) is 31.9 Å². The third-order valence-electron chi connectivity index (χ3n) is 6.62. The molecule has 0 saturated heterocycles. The Labute approximate surface area is 169 Å². The molecule has 5 rings (SSSR count). The molecule has 0 bridgehead atoms. The normalized spacial score (nSPS) is 21.0. The second-order valence-corrected chi connectivity index (χ2v) is 8.42. The van der Waals surface area contributed by atoms with Crippen molar-refractivity contribution in [3.63, 3.8) is 0 Å². The minimum atomic E-state index is -0.594. The van der Waals surface area contributed by atoms with Crippen LogP contribution in [-0.2, 0) is 12.0 Å². The number of nitrogens with zero attached hydrogens (tertiary/aromatic N) is 2. The van der Waals surface area contributed by atoms with Crippen LogP contribution in [0.25, 0.3) is 11.1 Å². The van der Waals surface area contributed by atoms with Crippen LogP contribution >= 0.6 is 0 Å². The summed E-state index contributed by atoms with van der Waals surface area (Å²) in [6, 6.07) is 21.3. The summed E-state index contributed by atoms with van der Waals surface area (Å²) in [5, 5.41) is 11.6. The number of para-hydroxylation sites is 1. The summed E-state index contributed by atoms with van der Waals surface area (Å²) in [6.45, 7) is 7.08. The van der Waals surface area contributed by atoms with Gasteiger partial charge in [0.15, 0.2) is 5.72 Å². The highest BCUT2D eigenvalue weighted by Crippen LogP contribution is 2.56. The van der Waals surface area contributed by atoms with E-state index in [4.69, 9.17) is 4.74 Å². The molecule has 1 unspecified atom stereocenters. The van der Waals surface area contributed by atoms with Crippen molar-refractivity contribution in [2.24, 2.45) is 0 Å². The number of hydrogen-bond donors (Lipinski definition) is 0. The Morgan fingerprint density at radius 3 is 2.41 bits per heavy atom. The van der Waals surface area contributed by atoms with E-state index in [2.05, 4.69) is 43.9 Å². The van der Waals surface area contributed by atoms with Gasteiger partial charge in [-0.15, -0.1) is 0 Å². The summed E-state index contributed by atoms with van der Waals surface area (Å²) in [4.78, 5) is 13.5. The molecular weight excluding hydrogens is 364 g/mol. The van der Waals surface area contributed by atoms with Gasteiger partial charge < -0.3 is 9.64 Å². The Morgan fingerprint density at radius 1 is 1.00 bits per heavy atom. The molecular formula is C24H22N2O3. The maximum atomic E-state index is 11.6. The van der Waals surface area contributed by atoms with E-state index in [0.29, 0.717) is 6.54 Å². The predicted octanol–water partition coefficient (Wildman–Crippen LogP) is 5.67. The van der Waals surface area contributed by atoms with Crippen LogP contribution in [0, 0.1) is 10.1 Å². The maximum Gasteiger partial charge on any atom is 0.270 e. The van der Waals surface area contributed by atoms with E-state index in [1.807, 2.05) is 36.4 Å². The van der Waals surface area contributed by atoms with Crippen molar-refractivity contribution >= 4 is 11.4 Å². The Kier molecular flexibility index (Phi) is 3.57. The number of anilines is 1. The first-order valence-electron chi connectivity index (χ1n) is 9.76. The molecule has 5 heteroatoms. The van der Waals surface area contributed by atoms with Gasteiger partial charge in [-0.25, -0.2) is 0 Å². The van der Waals surface area contributed by atoms with Crippen molar-refractivity contribution in [1.29, 1.82) is 0 Å². The van der Waals surface area contributed by atoms with Gasteiger partial charge in [-0.3, -0.25) is 10.1 Å². The second-order valence-electron chi connectivity index (χ2n) is 8.42. The second kappa shape index (κ2) is 5.83. The summed E-state index contributed by atoms with van der Waals surface area (Å²) in [5.41, 5.74) is 4.11. The number of nitro benzene ring substituents is 1. The van der Waals surface area contributed by atoms with Crippen molar-refractivity contribution in [2.45, 2.75) is 38.5 Å². The molecule has 5 nitrogen and oxygen atoms in total. The SMILES string of the molecule is CC1(C)c2ccccc2N2Cc3cc([N+](=O)[O-])cc(-c4ccccc4)c3OC21C. The summed E-state index contributed by atoms with van der Waals surface area (Å²) < 4.78 is 6.76. The van der Waals surface area contributed by atoms with Crippen molar-refractivity contribution in [3.8, 4) is 16.9 Å². The van der Waals surface area contributed by atoms with E-state index in [9.17, 15) is 10.1 Å². The Morgan fingerprint density at radius 2 is 1.69 bits per heavy atom. The molecule has 0 saturated carbocycles. The number of rotatable bonds is 2. The van der Waals surface area contributed by atoms with Gasteiger partial charge in [0.05, 0.1) is 16.9 Å². The van der Waals surface area contributed by atoms with Crippen LogP contribution in [0.15, 0.2) is 66.7 Å². The number of non-ortho nitro benzene ring substituents is 1. The quantitative estimate of drug-likeness (QED) is 0.421. The third-order valence-corrected chi connectivity index (χ3v) is 6.62. The number of fused-ring (bicyclic) bond motifs is 4. The minimum absolute atomic E-state index is 0.0848. The largest absolute Gasteiger partial charge is 0.466 e. The zero-order valence-electron chi connectivity index (χ0n) is 16.7. The smallest absolute Gasteiger partial charge is 0.270 e. The van der Waals surface area contributed by atoms with Gasteiger partial charge in [0.25, 0.3) is 5.69 Å². The molecule has 146 valence electrons. The fourth-order valence-corrected chi connectivity index (χ4v) is 4.69. The number of ether oxygens (including phenoxy) is 1. The molecule has 0 aromatic heterocycles. The molecule has 3 aromatic rings. The zero-order valence-corrected chi connectivity index (χ0v) is 16.7. The van der Waals surface area contributed by atoms with E-state index in [1.54, 1.807) is 12.1 Å². The fourth-order valence-electron chi connectivity index (χ4n) is 4.69. The molecule has 0 amide bonds. The van der Waals surface area contributed by atoms with Gasteiger partial charge in [0.2, 0.25) is 0 Å². The molecule has 0 fully saturated rings. The fraction of sp³-hybridized carbons (Fsp3) is 0.250. The van der Waals surface area contributed by atoms with E-state index >= 15 is 0 Å². The highest BCUT2D eigenvalue weighted by Gasteiger charge is 2.58. The first kappa shape index (κ1) is 17.7. The highest BCUT2D eigenvalue weighted by molar-refractivity contribution is 5.77. The highest BCUT2D eigenvalue weighted by atomic mass is 16.6. The molecule has 0 aliphatic carbocycles. The number of nitro groups is 1. The molecule has 1 atom stereocenters. The zero-order chi connectivity index (χ0) is 20.4. The van der Waals surface area contributed by atoms with E-state index in [-0.39, 0.29) is 16.0 Å². The van der Waals surface area contributed by atoms with E-state index in [1.165, 1.54) is 5.56 Å². The lowest BCUT2D eigenvalue weighted by atomic mass is 9.78. The maximum absolute atomic E-state index is 11.6. The lowest BCUT2D eigenvalue weighted by Crippen LogP contribution is -2.59. The molecule has 0 spiro atoms. The van der Waals surface area contributed by atoms with Crippen LogP contribution in [0.4, 0.5) is 11.4 Å². The molecule has 2 heterocycles.